The molecule has 232 valence electrons. The van der Waals surface area contributed by atoms with Crippen LogP contribution in [0.4, 0.5) is 0 Å². The predicted molar refractivity (Wildman–Crippen MR) is 168 cm³/mol. The minimum atomic E-state index is -0.596. The van der Waals surface area contributed by atoms with Gasteiger partial charge >= 0.3 is 5.97 Å². The molecule has 1 saturated heterocycles. The molecule has 1 N–H and O–H groups in total. The van der Waals surface area contributed by atoms with Crippen molar-refractivity contribution in [2.24, 2.45) is 11.8 Å². The molecule has 1 aliphatic heterocycles. The summed E-state index contributed by atoms with van der Waals surface area (Å²) >= 11 is 0. The highest BCUT2D eigenvalue weighted by Gasteiger charge is 2.49. The van der Waals surface area contributed by atoms with E-state index in [1.165, 1.54) is 116 Å². The molecule has 1 rings (SSSR count). The van der Waals surface area contributed by atoms with Crippen molar-refractivity contribution in [1.29, 1.82) is 0 Å². The Kier molecular flexibility index (Phi) is 19.7. The molecular weight excluding hydrogens is 482 g/mol. The van der Waals surface area contributed by atoms with Crippen LogP contribution in [0.15, 0.2) is 0 Å². The van der Waals surface area contributed by atoms with Crippen LogP contribution in [0.3, 0.4) is 0 Å². The topological polar surface area (TPSA) is 49.8 Å². The molecule has 0 aliphatic carbocycles. The lowest BCUT2D eigenvalue weighted by Crippen LogP contribution is -2.61. The lowest BCUT2D eigenvalue weighted by atomic mass is 9.69. The van der Waals surface area contributed by atoms with Crippen molar-refractivity contribution in [3.63, 3.8) is 0 Å². The third kappa shape index (κ3) is 15.8. The van der Waals surface area contributed by atoms with Gasteiger partial charge in [-0.1, -0.05) is 136 Å². The fourth-order valence-electron chi connectivity index (χ4n) is 7.13. The van der Waals surface area contributed by atoms with E-state index >= 15 is 0 Å². The van der Waals surface area contributed by atoms with E-state index in [-0.39, 0.29) is 22.9 Å². The molecule has 0 bridgehead atoms. The van der Waals surface area contributed by atoms with Crippen LogP contribution in [0.5, 0.6) is 0 Å². The maximum Gasteiger partial charge on any atom is 0.306 e. The van der Waals surface area contributed by atoms with Gasteiger partial charge in [0.25, 0.3) is 0 Å². The van der Waals surface area contributed by atoms with Gasteiger partial charge in [-0.05, 0) is 59.3 Å². The van der Waals surface area contributed by atoms with Gasteiger partial charge in [-0.3, -0.25) is 9.63 Å². The van der Waals surface area contributed by atoms with Gasteiger partial charge in [-0.15, -0.1) is 0 Å². The average Bonchev–Trinajstić information content (AvgIpc) is 2.86. The normalized spacial score (nSPS) is 18.4. The smallest absolute Gasteiger partial charge is 0.306 e. The minimum absolute atomic E-state index is 0.153. The number of hydrogen-bond donors (Lipinski definition) is 1. The van der Waals surface area contributed by atoms with Gasteiger partial charge in [0.15, 0.2) is 0 Å². The minimum Gasteiger partial charge on any atom is -0.481 e. The van der Waals surface area contributed by atoms with Crippen molar-refractivity contribution in [3.8, 4) is 0 Å². The fraction of sp³-hybridized carbons (Fsp3) is 0.971. The lowest BCUT2D eigenvalue weighted by Gasteiger charge is -2.54. The van der Waals surface area contributed by atoms with Crippen LogP contribution in [-0.4, -0.2) is 33.8 Å². The van der Waals surface area contributed by atoms with Crippen molar-refractivity contribution in [2.75, 3.05) is 6.61 Å². The zero-order valence-electron chi connectivity index (χ0n) is 27.3. The van der Waals surface area contributed by atoms with Crippen LogP contribution >= 0.6 is 0 Å². The number of piperidine rings is 1. The van der Waals surface area contributed by atoms with Gasteiger partial charge in [0, 0.05) is 11.1 Å². The van der Waals surface area contributed by atoms with E-state index in [4.69, 9.17) is 4.84 Å². The molecular formula is C35H69NO3. The third-order valence-corrected chi connectivity index (χ3v) is 9.10. The number of hydroxylamine groups is 2. The molecule has 0 aromatic rings. The Morgan fingerprint density at radius 1 is 0.667 bits per heavy atom. The van der Waals surface area contributed by atoms with Gasteiger partial charge in [0.05, 0.1) is 12.5 Å². The van der Waals surface area contributed by atoms with E-state index < -0.39 is 5.97 Å². The number of unbranched alkanes of at least 4 members (excludes halogenated alkanes) is 18. The average molecular weight is 552 g/mol. The summed E-state index contributed by atoms with van der Waals surface area (Å²) in [5.41, 5.74) is -0.307. The molecule has 0 amide bonds. The van der Waals surface area contributed by atoms with Gasteiger partial charge in [-0.2, -0.15) is 5.06 Å². The summed E-state index contributed by atoms with van der Waals surface area (Å²) in [6.07, 6.45) is 29.0. The lowest BCUT2D eigenvalue weighted by molar-refractivity contribution is -0.290. The highest BCUT2D eigenvalue weighted by Crippen LogP contribution is 2.45. The van der Waals surface area contributed by atoms with Crippen molar-refractivity contribution >= 4 is 5.97 Å². The van der Waals surface area contributed by atoms with Crippen molar-refractivity contribution in [2.45, 2.75) is 200 Å². The first-order valence-corrected chi connectivity index (χ1v) is 17.3. The largest absolute Gasteiger partial charge is 0.481 e. The Hall–Kier alpha value is -0.610. The monoisotopic (exact) mass is 552 g/mol. The second-order valence-electron chi connectivity index (χ2n) is 14.0. The van der Waals surface area contributed by atoms with E-state index in [1.54, 1.807) is 0 Å². The Morgan fingerprint density at radius 3 is 1.41 bits per heavy atom. The van der Waals surface area contributed by atoms with Crippen molar-refractivity contribution < 1.29 is 14.7 Å². The van der Waals surface area contributed by atoms with Gasteiger partial charge < -0.3 is 5.11 Å². The first-order chi connectivity index (χ1) is 18.7. The maximum absolute atomic E-state index is 12.3. The second-order valence-corrected chi connectivity index (χ2v) is 14.0. The summed E-state index contributed by atoms with van der Waals surface area (Å²) in [6, 6.07) is 0. The Balaban J connectivity index is 2.24. The van der Waals surface area contributed by atoms with Crippen LogP contribution < -0.4 is 0 Å². The Bertz CT molecular complexity index is 585. The van der Waals surface area contributed by atoms with E-state index in [2.05, 4.69) is 46.6 Å². The summed E-state index contributed by atoms with van der Waals surface area (Å²) in [4.78, 5) is 18.6. The summed E-state index contributed by atoms with van der Waals surface area (Å²) in [7, 11) is 0. The first-order valence-electron chi connectivity index (χ1n) is 17.3. The quantitative estimate of drug-likeness (QED) is 0.115. The fourth-order valence-corrected chi connectivity index (χ4v) is 7.13. The van der Waals surface area contributed by atoms with Gasteiger partial charge in [-0.25, -0.2) is 0 Å². The van der Waals surface area contributed by atoms with E-state index in [1.807, 2.05) is 0 Å². The highest BCUT2D eigenvalue weighted by molar-refractivity contribution is 5.70. The number of carbonyl (C=O) groups is 1. The zero-order chi connectivity index (χ0) is 29.0. The maximum atomic E-state index is 12.3. The van der Waals surface area contributed by atoms with Crippen LogP contribution in [0.25, 0.3) is 0 Å². The number of carboxylic acid groups (broad SMARTS) is 1. The van der Waals surface area contributed by atoms with Crippen LogP contribution in [0, 0.1) is 11.8 Å². The van der Waals surface area contributed by atoms with Gasteiger partial charge in [0.2, 0.25) is 0 Å². The SMILES string of the molecule is CCCCCCCCCCCCCCCCCCC(C(=O)O)C1CC(C)(C)N(OCCCCCC)C(C)(C)C1. The third-order valence-electron chi connectivity index (χ3n) is 9.10. The van der Waals surface area contributed by atoms with E-state index in [0.29, 0.717) is 0 Å². The van der Waals surface area contributed by atoms with Gasteiger partial charge in [0.1, 0.15) is 0 Å². The summed E-state index contributed by atoms with van der Waals surface area (Å²) in [5, 5.41) is 12.3. The number of aliphatic carboxylic acids is 1. The molecule has 1 aliphatic rings. The second kappa shape index (κ2) is 21.1. The molecule has 1 fully saturated rings. The predicted octanol–water partition coefficient (Wildman–Crippen LogP) is 11.1. The molecule has 1 atom stereocenters. The molecule has 0 aromatic heterocycles. The molecule has 0 spiro atoms. The van der Waals surface area contributed by atoms with E-state index in [9.17, 15) is 9.90 Å². The summed E-state index contributed by atoms with van der Waals surface area (Å²) < 4.78 is 0. The molecule has 0 aromatic carbocycles. The highest BCUT2D eigenvalue weighted by atomic mass is 16.7. The van der Waals surface area contributed by atoms with Crippen LogP contribution in [0.1, 0.15) is 189 Å². The van der Waals surface area contributed by atoms with E-state index in [0.717, 1.165) is 38.7 Å². The number of carboxylic acids is 1. The van der Waals surface area contributed by atoms with Crippen molar-refractivity contribution in [3.05, 3.63) is 0 Å². The molecule has 4 nitrogen and oxygen atoms in total. The van der Waals surface area contributed by atoms with Crippen LogP contribution in [-0.2, 0) is 9.63 Å². The van der Waals surface area contributed by atoms with Crippen LogP contribution in [0.2, 0.25) is 0 Å². The first kappa shape index (κ1) is 36.4. The zero-order valence-corrected chi connectivity index (χ0v) is 27.3. The summed E-state index contributed by atoms with van der Waals surface area (Å²) in [6.45, 7) is 14.2. The molecule has 1 unspecified atom stereocenters. The number of hydrogen-bond acceptors (Lipinski definition) is 3. The molecule has 0 saturated carbocycles. The number of nitrogens with zero attached hydrogens (tertiary/aromatic N) is 1. The molecule has 1 heterocycles. The number of rotatable bonds is 25. The Labute approximate surface area is 244 Å². The molecule has 4 heteroatoms. The summed E-state index contributed by atoms with van der Waals surface area (Å²) in [5.74, 6) is -0.618. The Morgan fingerprint density at radius 2 is 1.03 bits per heavy atom. The molecule has 0 radical (unpaired) electrons. The molecule has 39 heavy (non-hydrogen) atoms. The van der Waals surface area contributed by atoms with Crippen molar-refractivity contribution in [1.82, 2.24) is 5.06 Å². The standard InChI is InChI=1S/C35H69NO3/c1-7-9-11-13-14-15-16-17-18-19-20-21-22-23-24-25-27-32(33(37)38)31-29-34(3,4)36(35(5,6)30-31)39-28-26-12-10-8-2/h31-32H,7-30H2,1-6H3,(H,37,38).